The van der Waals surface area contributed by atoms with Crippen LogP contribution in [-0.2, 0) is 11.3 Å². The summed E-state index contributed by atoms with van der Waals surface area (Å²) in [4.78, 5) is 25.5. The number of rotatable bonds is 10. The first-order valence-electron chi connectivity index (χ1n) is 11.7. The first-order chi connectivity index (χ1) is 18.8. The standard InChI is InChI=1S/C27H25Cl2N5O4S/c1-16-5-4-6-18(11-16)31-25(35)15-39-27-33-32-24(34(27)19-8-9-20(28)21(29)13-19)14-30-26(36)17-7-10-22(37-2)23(12-17)38-3/h4-13H,14-15H2,1-3H3,(H,30,36)(H,31,35). The Morgan fingerprint density at radius 2 is 1.74 bits per heavy atom. The van der Waals surface area contributed by atoms with Crippen molar-refractivity contribution in [3.63, 3.8) is 0 Å². The summed E-state index contributed by atoms with van der Waals surface area (Å²) in [6.45, 7) is 2.01. The van der Waals surface area contributed by atoms with Gasteiger partial charge in [-0.25, -0.2) is 0 Å². The Kier molecular flexibility index (Phi) is 9.34. The van der Waals surface area contributed by atoms with Crippen molar-refractivity contribution in [3.8, 4) is 17.2 Å². The highest BCUT2D eigenvalue weighted by molar-refractivity contribution is 7.99. The Morgan fingerprint density at radius 3 is 2.46 bits per heavy atom. The molecule has 2 amide bonds. The molecular formula is C27H25Cl2N5O4S. The molecule has 0 aliphatic carbocycles. The number of carbonyl (C=O) groups is 2. The molecule has 9 nitrogen and oxygen atoms in total. The average molecular weight is 587 g/mol. The third-order valence-corrected chi connectivity index (χ3v) is 7.22. The van der Waals surface area contributed by atoms with Gasteiger partial charge in [-0.05, 0) is 61.0 Å². The summed E-state index contributed by atoms with van der Waals surface area (Å²) in [6, 6.07) is 17.5. The van der Waals surface area contributed by atoms with Crippen molar-refractivity contribution in [1.29, 1.82) is 0 Å². The largest absolute Gasteiger partial charge is 0.493 e. The fourth-order valence-electron chi connectivity index (χ4n) is 3.68. The van der Waals surface area contributed by atoms with E-state index in [2.05, 4.69) is 20.8 Å². The fourth-order valence-corrected chi connectivity index (χ4v) is 4.74. The van der Waals surface area contributed by atoms with E-state index in [0.29, 0.717) is 49.5 Å². The average Bonchev–Trinajstić information content (AvgIpc) is 3.34. The molecule has 0 atom stereocenters. The van der Waals surface area contributed by atoms with Crippen LogP contribution in [0, 0.1) is 6.92 Å². The van der Waals surface area contributed by atoms with E-state index >= 15 is 0 Å². The smallest absolute Gasteiger partial charge is 0.251 e. The van der Waals surface area contributed by atoms with Crippen molar-refractivity contribution >= 4 is 52.5 Å². The second-order valence-electron chi connectivity index (χ2n) is 8.29. The van der Waals surface area contributed by atoms with Crippen molar-refractivity contribution in [2.24, 2.45) is 0 Å². The summed E-state index contributed by atoms with van der Waals surface area (Å²) >= 11 is 13.6. The molecule has 12 heteroatoms. The minimum absolute atomic E-state index is 0.0521. The van der Waals surface area contributed by atoms with Crippen LogP contribution >= 0.6 is 35.0 Å². The maximum absolute atomic E-state index is 12.9. The Bertz CT molecular complexity index is 1510. The molecule has 0 saturated carbocycles. The highest BCUT2D eigenvalue weighted by Crippen LogP contribution is 2.29. The quantitative estimate of drug-likeness (QED) is 0.234. The van der Waals surface area contributed by atoms with Crippen LogP contribution in [0.25, 0.3) is 5.69 Å². The molecule has 2 N–H and O–H groups in total. The van der Waals surface area contributed by atoms with E-state index < -0.39 is 0 Å². The van der Waals surface area contributed by atoms with Gasteiger partial charge in [0.15, 0.2) is 22.5 Å². The van der Waals surface area contributed by atoms with Crippen molar-refractivity contribution in [3.05, 3.63) is 87.7 Å². The zero-order valence-corrected chi connectivity index (χ0v) is 23.7. The van der Waals surface area contributed by atoms with Gasteiger partial charge >= 0.3 is 0 Å². The van der Waals surface area contributed by atoms with Gasteiger partial charge in [-0.3, -0.25) is 14.2 Å². The number of nitrogens with zero attached hydrogens (tertiary/aromatic N) is 3. The van der Waals surface area contributed by atoms with Crippen molar-refractivity contribution in [2.45, 2.75) is 18.6 Å². The number of aryl methyl sites for hydroxylation is 1. The molecule has 1 aromatic heterocycles. The van der Waals surface area contributed by atoms with Crippen LogP contribution in [0.5, 0.6) is 11.5 Å². The minimum Gasteiger partial charge on any atom is -0.493 e. The maximum atomic E-state index is 12.9. The SMILES string of the molecule is COc1ccc(C(=O)NCc2nnc(SCC(=O)Nc3cccc(C)c3)n2-c2ccc(Cl)c(Cl)c2)cc1OC. The third kappa shape index (κ3) is 7.03. The number of methoxy groups -OCH3 is 2. The summed E-state index contributed by atoms with van der Waals surface area (Å²) < 4.78 is 12.2. The van der Waals surface area contributed by atoms with E-state index in [0.717, 1.165) is 5.56 Å². The van der Waals surface area contributed by atoms with Crippen LogP contribution in [0.2, 0.25) is 10.0 Å². The lowest BCUT2D eigenvalue weighted by molar-refractivity contribution is -0.113. The molecule has 0 aliphatic rings. The predicted octanol–water partition coefficient (Wildman–Crippen LogP) is 5.56. The van der Waals surface area contributed by atoms with Gasteiger partial charge in [-0.2, -0.15) is 0 Å². The van der Waals surface area contributed by atoms with Gasteiger partial charge in [0.2, 0.25) is 5.91 Å². The Balaban J connectivity index is 1.53. The number of ether oxygens (including phenoxy) is 2. The van der Waals surface area contributed by atoms with Gasteiger partial charge in [0.25, 0.3) is 5.91 Å². The predicted molar refractivity (Wildman–Crippen MR) is 153 cm³/mol. The fraction of sp³-hybridized carbons (Fsp3) is 0.185. The van der Waals surface area contributed by atoms with Crippen molar-refractivity contribution in [2.75, 3.05) is 25.3 Å². The van der Waals surface area contributed by atoms with Crippen LogP contribution in [0.1, 0.15) is 21.7 Å². The maximum Gasteiger partial charge on any atom is 0.251 e. The van der Waals surface area contributed by atoms with E-state index in [1.165, 1.54) is 26.0 Å². The van der Waals surface area contributed by atoms with Gasteiger partial charge in [0.1, 0.15) is 0 Å². The minimum atomic E-state index is -0.341. The molecule has 0 unspecified atom stereocenters. The zero-order valence-electron chi connectivity index (χ0n) is 21.3. The second-order valence-corrected chi connectivity index (χ2v) is 10.0. The number of amides is 2. The molecule has 1 heterocycles. The van der Waals surface area contributed by atoms with Gasteiger partial charge in [-0.15, -0.1) is 10.2 Å². The number of aromatic nitrogens is 3. The van der Waals surface area contributed by atoms with Crippen LogP contribution in [0.3, 0.4) is 0 Å². The summed E-state index contributed by atoms with van der Waals surface area (Å²) in [5.41, 5.74) is 2.77. The molecule has 0 saturated heterocycles. The lowest BCUT2D eigenvalue weighted by atomic mass is 10.2. The summed E-state index contributed by atoms with van der Waals surface area (Å²) in [7, 11) is 3.02. The van der Waals surface area contributed by atoms with Crippen LogP contribution in [-0.4, -0.2) is 46.6 Å². The molecule has 202 valence electrons. The normalized spacial score (nSPS) is 10.7. The van der Waals surface area contributed by atoms with E-state index in [9.17, 15) is 9.59 Å². The van der Waals surface area contributed by atoms with Crippen molar-refractivity contribution < 1.29 is 19.1 Å². The number of hydrogen-bond acceptors (Lipinski definition) is 7. The monoisotopic (exact) mass is 585 g/mol. The zero-order chi connectivity index (χ0) is 27.9. The molecule has 0 bridgehead atoms. The highest BCUT2D eigenvalue weighted by atomic mass is 35.5. The molecule has 4 rings (SSSR count). The summed E-state index contributed by atoms with van der Waals surface area (Å²) in [5, 5.41) is 15.5. The number of carbonyl (C=O) groups excluding carboxylic acids is 2. The first kappa shape index (κ1) is 28.3. The Labute approximate surface area is 239 Å². The van der Waals surface area contributed by atoms with Crippen LogP contribution in [0.15, 0.2) is 65.8 Å². The Morgan fingerprint density at radius 1 is 0.949 bits per heavy atom. The third-order valence-electron chi connectivity index (χ3n) is 5.55. The molecule has 0 aliphatic heterocycles. The first-order valence-corrected chi connectivity index (χ1v) is 13.4. The van der Waals surface area contributed by atoms with E-state index in [1.54, 1.807) is 41.0 Å². The highest BCUT2D eigenvalue weighted by Gasteiger charge is 2.19. The number of thioether (sulfide) groups is 1. The van der Waals surface area contributed by atoms with E-state index in [1.807, 2.05) is 31.2 Å². The van der Waals surface area contributed by atoms with Gasteiger partial charge in [0, 0.05) is 11.3 Å². The second kappa shape index (κ2) is 12.9. The number of nitrogens with one attached hydrogen (secondary N) is 2. The molecule has 3 aromatic carbocycles. The number of halogens is 2. The lowest BCUT2D eigenvalue weighted by Crippen LogP contribution is -2.24. The van der Waals surface area contributed by atoms with Crippen LogP contribution in [0.4, 0.5) is 5.69 Å². The van der Waals surface area contributed by atoms with Gasteiger partial charge in [0.05, 0.1) is 42.2 Å². The molecule has 39 heavy (non-hydrogen) atoms. The van der Waals surface area contributed by atoms with Crippen LogP contribution < -0.4 is 20.1 Å². The van der Waals surface area contributed by atoms with Gasteiger partial charge < -0.3 is 20.1 Å². The topological polar surface area (TPSA) is 107 Å². The molecular weight excluding hydrogens is 561 g/mol. The summed E-state index contributed by atoms with van der Waals surface area (Å²) in [6.07, 6.45) is 0. The van der Waals surface area contributed by atoms with E-state index in [-0.39, 0.29) is 24.1 Å². The lowest BCUT2D eigenvalue weighted by Gasteiger charge is -2.13. The molecule has 4 aromatic rings. The molecule has 0 spiro atoms. The number of anilines is 1. The molecule has 0 radical (unpaired) electrons. The van der Waals surface area contributed by atoms with Gasteiger partial charge in [-0.1, -0.05) is 47.1 Å². The number of hydrogen-bond donors (Lipinski definition) is 2. The molecule has 0 fully saturated rings. The van der Waals surface area contributed by atoms with E-state index in [4.69, 9.17) is 32.7 Å². The Hall–Kier alpha value is -3.73. The van der Waals surface area contributed by atoms with Crippen molar-refractivity contribution in [1.82, 2.24) is 20.1 Å². The summed E-state index contributed by atoms with van der Waals surface area (Å²) in [5.74, 6) is 0.937. The number of benzene rings is 3.